The van der Waals surface area contributed by atoms with Crippen molar-refractivity contribution in [1.82, 2.24) is 14.5 Å². The minimum atomic E-state index is -2.90. The van der Waals surface area contributed by atoms with Gasteiger partial charge in [-0.3, -0.25) is 4.79 Å². The minimum Gasteiger partial charge on any atom is -0.489 e. The number of hydrogen-bond acceptors (Lipinski definition) is 7. The Balaban J connectivity index is 2.22. The van der Waals surface area contributed by atoms with E-state index < -0.39 is 28.2 Å². The molecule has 2 amide bonds. The van der Waals surface area contributed by atoms with Crippen LogP contribution in [0.25, 0.3) is 0 Å². The number of methoxy groups -OCH3 is 1. The van der Waals surface area contributed by atoms with Gasteiger partial charge in [0.25, 0.3) is 6.43 Å². The average Bonchev–Trinajstić information content (AvgIpc) is 2.77. The van der Waals surface area contributed by atoms with Gasteiger partial charge in [-0.15, -0.1) is 4.48 Å². The molecule has 9 nitrogen and oxygen atoms in total. The number of pyridine rings is 2. The molecule has 31 heavy (non-hydrogen) atoms. The molecular weight excluding hydrogens is 412 g/mol. The van der Waals surface area contributed by atoms with E-state index in [4.69, 9.17) is 15.2 Å². The lowest BCUT2D eigenvalue weighted by atomic mass is 9.99. The number of rotatable bonds is 7. The molecule has 2 aromatic rings. The van der Waals surface area contributed by atoms with Crippen LogP contribution in [0.4, 0.5) is 25.2 Å². The average molecular weight is 432 g/mol. The molecule has 0 saturated heterocycles. The van der Waals surface area contributed by atoms with Crippen molar-refractivity contribution >= 4 is 24.0 Å². The summed E-state index contributed by atoms with van der Waals surface area (Å²) in [5.41, 5.74) is 5.31. The Labute approximate surface area is 176 Å². The molecule has 0 radical (unpaired) electrons. The van der Waals surface area contributed by atoms with Gasteiger partial charge in [-0.05, 0) is 12.5 Å². The topological polar surface area (TPSA) is 128 Å². The number of aldehydes is 1. The lowest BCUT2D eigenvalue weighted by Gasteiger charge is -2.35. The highest BCUT2D eigenvalue weighted by atomic mass is 19.3. The van der Waals surface area contributed by atoms with Gasteiger partial charge in [0.1, 0.15) is 36.2 Å². The first-order chi connectivity index (χ1) is 14.9. The van der Waals surface area contributed by atoms with E-state index in [1.807, 2.05) is 6.07 Å². The van der Waals surface area contributed by atoms with Crippen LogP contribution in [0.2, 0.25) is 0 Å². The molecule has 11 heteroatoms. The number of urea groups is 1. The number of hydrogen-bond donors (Lipinski definition) is 1. The van der Waals surface area contributed by atoms with E-state index in [2.05, 4.69) is 9.97 Å². The first-order valence-electron chi connectivity index (χ1n) is 9.37. The number of quaternary nitrogens is 1. The summed E-state index contributed by atoms with van der Waals surface area (Å²) < 4.78 is 36.6. The van der Waals surface area contributed by atoms with Gasteiger partial charge >= 0.3 is 6.03 Å². The standard InChI is InChI=1S/C20H19F2N5O4/c1-30-5-6-31-16-8-17(25-10-13(16)9-23)27(20(24)29)4-2-3-12-7-14(18(21)22)15(11-28)26-19(12)27/h7-8,10-11,18H,2-6H2,1H3,(H-,24,29)/p+1. The lowest BCUT2D eigenvalue weighted by molar-refractivity contribution is 0.110. The second kappa shape index (κ2) is 9.11. The Kier molecular flexibility index (Phi) is 6.53. The molecule has 162 valence electrons. The van der Waals surface area contributed by atoms with E-state index in [1.54, 1.807) is 0 Å². The Morgan fingerprint density at radius 3 is 2.81 bits per heavy atom. The monoisotopic (exact) mass is 432 g/mol. The largest absolute Gasteiger partial charge is 0.489 e. The summed E-state index contributed by atoms with van der Waals surface area (Å²) in [5.74, 6) is 0.328. The molecule has 2 aromatic heterocycles. The number of alkyl halides is 2. The molecule has 0 saturated carbocycles. The number of aryl methyl sites for hydroxylation is 1. The number of ether oxygens (including phenoxy) is 2. The summed E-state index contributed by atoms with van der Waals surface area (Å²) in [7, 11) is 1.49. The second-order valence-corrected chi connectivity index (χ2v) is 6.83. The molecule has 0 bridgehead atoms. The summed E-state index contributed by atoms with van der Waals surface area (Å²) in [6.07, 6.45) is -0.630. The van der Waals surface area contributed by atoms with E-state index in [-0.39, 0.29) is 49.0 Å². The van der Waals surface area contributed by atoms with Crippen molar-refractivity contribution in [3.8, 4) is 11.8 Å². The van der Waals surface area contributed by atoms with Crippen LogP contribution >= 0.6 is 0 Å². The number of halogens is 2. The fraction of sp³-hybridized carbons (Fsp3) is 0.350. The van der Waals surface area contributed by atoms with Gasteiger partial charge < -0.3 is 15.2 Å². The number of nitrogens with zero attached hydrogens (tertiary/aromatic N) is 4. The molecule has 1 atom stereocenters. The van der Waals surface area contributed by atoms with Gasteiger partial charge in [0.2, 0.25) is 11.6 Å². The number of fused-ring (bicyclic) bond motifs is 1. The van der Waals surface area contributed by atoms with Gasteiger partial charge in [0, 0.05) is 24.7 Å². The van der Waals surface area contributed by atoms with Gasteiger partial charge in [-0.25, -0.2) is 18.6 Å². The van der Waals surface area contributed by atoms with Crippen LogP contribution < -0.4 is 15.0 Å². The van der Waals surface area contributed by atoms with Crippen LogP contribution in [0.15, 0.2) is 18.3 Å². The fourth-order valence-electron chi connectivity index (χ4n) is 3.60. The predicted molar refractivity (Wildman–Crippen MR) is 105 cm³/mol. The molecule has 0 aliphatic carbocycles. The molecule has 3 rings (SSSR count). The molecule has 1 aliphatic heterocycles. The van der Waals surface area contributed by atoms with Crippen molar-refractivity contribution in [2.75, 3.05) is 26.9 Å². The lowest BCUT2D eigenvalue weighted by Crippen LogP contribution is -2.56. The number of nitrogens with two attached hydrogens (primary N) is 1. The first-order valence-corrected chi connectivity index (χ1v) is 9.37. The van der Waals surface area contributed by atoms with E-state index in [1.165, 1.54) is 25.4 Å². The highest BCUT2D eigenvalue weighted by Gasteiger charge is 2.48. The van der Waals surface area contributed by atoms with Gasteiger partial charge in [0.15, 0.2) is 6.29 Å². The van der Waals surface area contributed by atoms with Crippen molar-refractivity contribution in [3.63, 3.8) is 0 Å². The molecular formula is C20H20F2N5O4+. The number of nitriles is 1. The number of amides is 2. The zero-order valence-corrected chi connectivity index (χ0v) is 16.7. The minimum absolute atomic E-state index is 0.0605. The molecule has 1 aliphatic rings. The summed E-state index contributed by atoms with van der Waals surface area (Å²) in [4.78, 5) is 32.5. The quantitative estimate of drug-likeness (QED) is 0.405. The molecule has 2 N–H and O–H groups in total. The highest BCUT2D eigenvalue weighted by Crippen LogP contribution is 2.42. The maximum absolute atomic E-state index is 13.4. The van der Waals surface area contributed by atoms with Crippen LogP contribution in [-0.4, -0.2) is 49.2 Å². The van der Waals surface area contributed by atoms with Crippen LogP contribution in [-0.2, 0) is 11.2 Å². The summed E-state index contributed by atoms with van der Waals surface area (Å²) >= 11 is 0. The zero-order valence-electron chi connectivity index (χ0n) is 16.7. The van der Waals surface area contributed by atoms with Crippen molar-refractivity contribution in [2.45, 2.75) is 19.3 Å². The zero-order chi connectivity index (χ0) is 22.6. The van der Waals surface area contributed by atoms with Crippen LogP contribution in [0.3, 0.4) is 0 Å². The van der Waals surface area contributed by atoms with Crippen LogP contribution in [0.1, 0.15) is 40.0 Å². The molecule has 0 spiro atoms. The van der Waals surface area contributed by atoms with Gasteiger partial charge in [0.05, 0.1) is 18.9 Å². The van der Waals surface area contributed by atoms with Crippen molar-refractivity contribution in [3.05, 3.63) is 40.7 Å². The maximum Gasteiger partial charge on any atom is 0.426 e. The predicted octanol–water partition coefficient (Wildman–Crippen LogP) is 2.79. The third kappa shape index (κ3) is 3.95. The molecule has 3 heterocycles. The third-order valence-electron chi connectivity index (χ3n) is 5.07. The van der Waals surface area contributed by atoms with Crippen molar-refractivity contribution in [2.24, 2.45) is 5.73 Å². The van der Waals surface area contributed by atoms with Gasteiger partial charge in [-0.1, -0.05) is 0 Å². The fourth-order valence-corrected chi connectivity index (χ4v) is 3.60. The van der Waals surface area contributed by atoms with Crippen LogP contribution in [0, 0.1) is 11.3 Å². The number of primary amides is 1. The maximum atomic E-state index is 13.4. The first kappa shape index (κ1) is 22.2. The Hall–Kier alpha value is -3.49. The van der Waals surface area contributed by atoms with Crippen molar-refractivity contribution in [1.29, 1.82) is 5.26 Å². The highest BCUT2D eigenvalue weighted by molar-refractivity contribution is 5.93. The molecule has 1 unspecified atom stereocenters. The molecule has 0 aromatic carbocycles. The third-order valence-corrected chi connectivity index (χ3v) is 5.07. The number of aromatic nitrogens is 2. The number of carbonyl (C=O) groups excluding carboxylic acids is 2. The normalized spacial score (nSPS) is 17.6. The van der Waals surface area contributed by atoms with E-state index >= 15 is 0 Å². The summed E-state index contributed by atoms with van der Waals surface area (Å²) in [5, 5.41) is 9.34. The molecule has 0 fully saturated rings. The Bertz CT molecular complexity index is 1060. The SMILES string of the molecule is COCCOc1cc([N+]2(C(N)=O)CCCc3cc(C(F)F)c(C=O)nc32)ncc1C#N. The smallest absolute Gasteiger partial charge is 0.426 e. The second-order valence-electron chi connectivity index (χ2n) is 6.83. The Morgan fingerprint density at radius 1 is 1.42 bits per heavy atom. The van der Waals surface area contributed by atoms with Crippen LogP contribution in [0.5, 0.6) is 5.75 Å². The van der Waals surface area contributed by atoms with E-state index in [9.17, 15) is 23.6 Å². The summed E-state index contributed by atoms with van der Waals surface area (Å²) in [6, 6.07) is 3.69. The van der Waals surface area contributed by atoms with E-state index in [0.29, 0.717) is 18.4 Å². The van der Waals surface area contributed by atoms with Gasteiger partial charge in [-0.2, -0.15) is 10.2 Å². The van der Waals surface area contributed by atoms with Crippen molar-refractivity contribution < 1.29 is 27.8 Å². The summed E-state index contributed by atoms with van der Waals surface area (Å²) in [6.45, 7) is 0.562. The van der Waals surface area contributed by atoms with E-state index in [0.717, 1.165) is 0 Å². The Morgan fingerprint density at radius 2 is 2.19 bits per heavy atom. The number of carbonyl (C=O) groups is 2.